The summed E-state index contributed by atoms with van der Waals surface area (Å²) >= 11 is 12.0. The lowest BCUT2D eigenvalue weighted by Gasteiger charge is -2.33. The molecule has 0 unspecified atom stereocenters. The zero-order chi connectivity index (χ0) is 24.2. The highest BCUT2D eigenvalue weighted by Crippen LogP contribution is 2.31. The first-order valence-electron chi connectivity index (χ1n) is 10.0. The maximum absolute atomic E-state index is 13.2. The van der Waals surface area contributed by atoms with Gasteiger partial charge in [-0.25, -0.2) is 13.2 Å². The fourth-order valence-corrected chi connectivity index (χ4v) is 5.23. The van der Waals surface area contributed by atoms with Gasteiger partial charge in [0.05, 0.1) is 34.9 Å². The highest BCUT2D eigenvalue weighted by atomic mass is 35.5. The molecule has 0 saturated carbocycles. The Morgan fingerprint density at radius 2 is 1.76 bits per heavy atom. The van der Waals surface area contributed by atoms with Crippen LogP contribution in [0.15, 0.2) is 41.3 Å². The van der Waals surface area contributed by atoms with Gasteiger partial charge in [0.15, 0.2) is 0 Å². The lowest BCUT2D eigenvalue weighted by molar-refractivity contribution is 0.0933. The summed E-state index contributed by atoms with van der Waals surface area (Å²) in [5, 5.41) is 3.18. The molecule has 33 heavy (non-hydrogen) atoms. The molecule has 3 rings (SSSR count). The van der Waals surface area contributed by atoms with Crippen molar-refractivity contribution in [1.29, 1.82) is 0 Å². The van der Waals surface area contributed by atoms with Crippen molar-refractivity contribution in [1.82, 2.24) is 9.21 Å². The van der Waals surface area contributed by atoms with Crippen LogP contribution >= 0.6 is 23.2 Å². The second kappa shape index (κ2) is 10.6. The fourth-order valence-electron chi connectivity index (χ4n) is 3.28. The number of carbonyl (C=O) groups excluding carboxylic acids is 2. The summed E-state index contributed by atoms with van der Waals surface area (Å²) in [6, 6.07) is 8.61. The number of benzene rings is 2. The molecule has 0 spiro atoms. The van der Waals surface area contributed by atoms with Gasteiger partial charge >= 0.3 is 6.09 Å². The predicted molar refractivity (Wildman–Crippen MR) is 125 cm³/mol. The van der Waals surface area contributed by atoms with Crippen molar-refractivity contribution in [2.45, 2.75) is 11.8 Å². The summed E-state index contributed by atoms with van der Waals surface area (Å²) in [7, 11) is -2.48. The molecule has 0 aliphatic carbocycles. The Morgan fingerprint density at radius 1 is 1.06 bits per heavy atom. The summed E-state index contributed by atoms with van der Waals surface area (Å²) < 4.78 is 37.9. The van der Waals surface area contributed by atoms with E-state index in [4.69, 9.17) is 32.7 Å². The molecule has 0 radical (unpaired) electrons. The number of amides is 2. The number of piperazine rings is 1. The average Bonchev–Trinajstić information content (AvgIpc) is 2.79. The molecule has 2 amide bonds. The minimum absolute atomic E-state index is 0.0228. The van der Waals surface area contributed by atoms with Gasteiger partial charge in [-0.05, 0) is 43.3 Å². The molecule has 1 aliphatic rings. The van der Waals surface area contributed by atoms with Gasteiger partial charge in [-0.3, -0.25) is 4.79 Å². The molecule has 2 aromatic carbocycles. The van der Waals surface area contributed by atoms with Crippen LogP contribution < -0.4 is 10.1 Å². The first-order valence-corrected chi connectivity index (χ1v) is 12.2. The number of rotatable bonds is 6. The molecule has 0 bridgehead atoms. The van der Waals surface area contributed by atoms with E-state index in [1.807, 2.05) is 0 Å². The average molecular weight is 516 g/mol. The fraction of sp³-hybridized carbons (Fsp3) is 0.333. The maximum atomic E-state index is 13.2. The molecule has 178 valence electrons. The molecule has 1 saturated heterocycles. The Labute approximate surface area is 202 Å². The van der Waals surface area contributed by atoms with Crippen molar-refractivity contribution in [3.05, 3.63) is 52.0 Å². The largest absolute Gasteiger partial charge is 0.495 e. The third-order valence-electron chi connectivity index (χ3n) is 5.00. The second-order valence-electron chi connectivity index (χ2n) is 7.03. The normalized spacial score (nSPS) is 14.6. The molecule has 1 fully saturated rings. The Hall–Kier alpha value is -2.53. The Bertz CT molecular complexity index is 1150. The third-order valence-corrected chi connectivity index (χ3v) is 7.44. The standard InChI is InChI=1S/C21H23Cl2N3O6S/c1-3-32-21(28)25-8-10-26(11-9-25)33(29,30)15-5-7-19(31-2)18(13-15)24-20(27)16-6-4-14(22)12-17(16)23/h4-7,12-13H,3,8-11H2,1-2H3,(H,24,27). The van der Waals surface area contributed by atoms with Crippen LogP contribution in [0, 0.1) is 0 Å². The van der Waals surface area contributed by atoms with Crippen molar-refractivity contribution in [3.8, 4) is 5.75 Å². The molecular weight excluding hydrogens is 493 g/mol. The van der Waals surface area contributed by atoms with Crippen LogP contribution in [0.5, 0.6) is 5.75 Å². The van der Waals surface area contributed by atoms with E-state index in [1.54, 1.807) is 6.92 Å². The van der Waals surface area contributed by atoms with Crippen molar-refractivity contribution in [3.63, 3.8) is 0 Å². The van der Waals surface area contributed by atoms with E-state index in [-0.39, 0.29) is 59.7 Å². The van der Waals surface area contributed by atoms with Crippen LogP contribution in [0.1, 0.15) is 17.3 Å². The number of sulfonamides is 1. The van der Waals surface area contributed by atoms with Crippen molar-refractivity contribution in [2.24, 2.45) is 0 Å². The monoisotopic (exact) mass is 515 g/mol. The third kappa shape index (κ3) is 5.70. The van der Waals surface area contributed by atoms with Crippen LogP contribution in [-0.4, -0.2) is 69.5 Å². The Morgan fingerprint density at radius 3 is 2.36 bits per heavy atom. The van der Waals surface area contributed by atoms with Gasteiger partial charge < -0.3 is 19.7 Å². The van der Waals surface area contributed by atoms with Crippen molar-refractivity contribution in [2.75, 3.05) is 45.2 Å². The van der Waals surface area contributed by atoms with E-state index in [0.29, 0.717) is 5.02 Å². The van der Waals surface area contributed by atoms with Crippen LogP contribution in [0.3, 0.4) is 0 Å². The van der Waals surface area contributed by atoms with Crippen molar-refractivity contribution >= 4 is 50.9 Å². The van der Waals surface area contributed by atoms with Gasteiger partial charge in [-0.1, -0.05) is 23.2 Å². The minimum atomic E-state index is -3.88. The van der Waals surface area contributed by atoms with E-state index < -0.39 is 22.0 Å². The molecule has 12 heteroatoms. The van der Waals surface area contributed by atoms with Gasteiger partial charge in [0, 0.05) is 31.2 Å². The van der Waals surface area contributed by atoms with E-state index in [1.165, 1.54) is 52.7 Å². The van der Waals surface area contributed by atoms with Gasteiger partial charge in [-0.15, -0.1) is 0 Å². The van der Waals surface area contributed by atoms with E-state index in [0.717, 1.165) is 0 Å². The lowest BCUT2D eigenvalue weighted by Crippen LogP contribution is -2.50. The molecule has 1 heterocycles. The Kier molecular flexibility index (Phi) is 8.06. The summed E-state index contributed by atoms with van der Waals surface area (Å²) in [5.74, 6) is -0.271. The van der Waals surface area contributed by atoms with Crippen molar-refractivity contribution < 1.29 is 27.5 Å². The van der Waals surface area contributed by atoms with Gasteiger partial charge in [-0.2, -0.15) is 4.31 Å². The van der Waals surface area contributed by atoms with E-state index >= 15 is 0 Å². The van der Waals surface area contributed by atoms with Crippen LogP contribution in [-0.2, 0) is 14.8 Å². The number of hydrogen-bond acceptors (Lipinski definition) is 6. The number of nitrogens with zero attached hydrogens (tertiary/aromatic N) is 2. The number of hydrogen-bond donors (Lipinski definition) is 1. The smallest absolute Gasteiger partial charge is 0.409 e. The number of halogens is 2. The molecule has 0 aromatic heterocycles. The highest BCUT2D eigenvalue weighted by Gasteiger charge is 2.31. The Balaban J connectivity index is 1.81. The summed E-state index contributed by atoms with van der Waals surface area (Å²) in [5.41, 5.74) is 0.339. The topological polar surface area (TPSA) is 105 Å². The van der Waals surface area contributed by atoms with Gasteiger partial charge in [0.1, 0.15) is 5.75 Å². The number of ether oxygens (including phenoxy) is 2. The van der Waals surface area contributed by atoms with Crippen LogP contribution in [0.2, 0.25) is 10.0 Å². The van der Waals surface area contributed by atoms with Crippen LogP contribution in [0.25, 0.3) is 0 Å². The SMILES string of the molecule is CCOC(=O)N1CCN(S(=O)(=O)c2ccc(OC)c(NC(=O)c3ccc(Cl)cc3Cl)c2)CC1. The zero-order valence-electron chi connectivity index (χ0n) is 18.0. The molecule has 2 aromatic rings. The highest BCUT2D eigenvalue weighted by molar-refractivity contribution is 7.89. The van der Waals surface area contributed by atoms with E-state index in [2.05, 4.69) is 5.32 Å². The lowest BCUT2D eigenvalue weighted by atomic mass is 10.2. The van der Waals surface area contributed by atoms with Crippen LogP contribution in [0.4, 0.5) is 10.5 Å². The molecule has 1 N–H and O–H groups in total. The van der Waals surface area contributed by atoms with Gasteiger partial charge in [0.25, 0.3) is 5.91 Å². The number of carbonyl (C=O) groups is 2. The molecule has 9 nitrogen and oxygen atoms in total. The number of methoxy groups -OCH3 is 1. The zero-order valence-corrected chi connectivity index (χ0v) is 20.3. The summed E-state index contributed by atoms with van der Waals surface area (Å²) in [4.78, 5) is 26.0. The molecule has 1 aliphatic heterocycles. The molecular formula is C21H23Cl2N3O6S. The first kappa shape index (κ1) is 25.1. The minimum Gasteiger partial charge on any atom is -0.495 e. The van der Waals surface area contributed by atoms with Gasteiger partial charge in [0.2, 0.25) is 10.0 Å². The predicted octanol–water partition coefficient (Wildman–Crippen LogP) is 3.72. The van der Waals surface area contributed by atoms with E-state index in [9.17, 15) is 18.0 Å². The number of nitrogens with one attached hydrogen (secondary N) is 1. The second-order valence-corrected chi connectivity index (χ2v) is 9.81. The summed E-state index contributed by atoms with van der Waals surface area (Å²) in [6.07, 6.45) is -0.468. The first-order chi connectivity index (χ1) is 15.7. The maximum Gasteiger partial charge on any atom is 0.409 e. The quantitative estimate of drug-likeness (QED) is 0.628. The number of anilines is 1. The molecule has 0 atom stereocenters. The summed E-state index contributed by atoms with van der Waals surface area (Å²) in [6.45, 7) is 2.63.